The van der Waals surface area contributed by atoms with E-state index in [1.54, 1.807) is 12.1 Å². The van der Waals surface area contributed by atoms with Crippen LogP contribution in [0.2, 0.25) is 0 Å². The maximum Gasteiger partial charge on any atom is 0.274 e. The Morgan fingerprint density at radius 1 is 1.03 bits per heavy atom. The molecule has 0 fully saturated rings. The SMILES string of the molecule is Nc1ccc2c(n1)N(CC(=O)NCc1ccccc1)C(=O)C(c1ccccc1)O2. The molecule has 1 aromatic heterocycles. The van der Waals surface area contributed by atoms with Crippen LogP contribution in [-0.2, 0) is 16.1 Å². The molecule has 3 aromatic rings. The molecule has 0 saturated heterocycles. The van der Waals surface area contributed by atoms with Crippen molar-refractivity contribution in [2.75, 3.05) is 17.2 Å². The summed E-state index contributed by atoms with van der Waals surface area (Å²) >= 11 is 0. The van der Waals surface area contributed by atoms with Gasteiger partial charge in [-0.2, -0.15) is 0 Å². The number of aromatic nitrogens is 1. The number of pyridine rings is 1. The minimum atomic E-state index is -0.851. The molecule has 0 spiro atoms. The Bertz CT molecular complexity index is 1020. The molecule has 1 aliphatic rings. The summed E-state index contributed by atoms with van der Waals surface area (Å²) in [7, 11) is 0. The summed E-state index contributed by atoms with van der Waals surface area (Å²) in [5.41, 5.74) is 7.47. The van der Waals surface area contributed by atoms with Gasteiger partial charge in [0, 0.05) is 12.1 Å². The highest BCUT2D eigenvalue weighted by Crippen LogP contribution is 2.37. The molecule has 7 nitrogen and oxygen atoms in total. The molecule has 2 amide bonds. The summed E-state index contributed by atoms with van der Waals surface area (Å²) in [5.74, 6) is 0.233. The van der Waals surface area contributed by atoms with E-state index in [0.29, 0.717) is 17.9 Å². The van der Waals surface area contributed by atoms with Crippen molar-refractivity contribution in [1.82, 2.24) is 10.3 Å². The minimum Gasteiger partial charge on any atom is -0.472 e. The van der Waals surface area contributed by atoms with E-state index in [-0.39, 0.29) is 30.0 Å². The molecular formula is C22H20N4O3. The molecule has 2 heterocycles. The number of fused-ring (bicyclic) bond motifs is 1. The van der Waals surface area contributed by atoms with Crippen LogP contribution in [0, 0.1) is 0 Å². The van der Waals surface area contributed by atoms with E-state index in [1.165, 1.54) is 4.90 Å². The highest BCUT2D eigenvalue weighted by atomic mass is 16.5. The summed E-state index contributed by atoms with van der Waals surface area (Å²) in [6.07, 6.45) is -0.851. The number of nitrogens with zero attached hydrogens (tertiary/aromatic N) is 2. The Hall–Kier alpha value is -3.87. The van der Waals surface area contributed by atoms with E-state index in [9.17, 15) is 9.59 Å². The van der Waals surface area contributed by atoms with Crippen molar-refractivity contribution in [2.45, 2.75) is 12.6 Å². The van der Waals surface area contributed by atoms with E-state index >= 15 is 0 Å². The lowest BCUT2D eigenvalue weighted by Crippen LogP contribution is -2.46. The fourth-order valence-electron chi connectivity index (χ4n) is 3.15. The first-order valence-corrected chi connectivity index (χ1v) is 9.22. The number of amides is 2. The number of anilines is 2. The third kappa shape index (κ3) is 4.03. The zero-order valence-corrected chi connectivity index (χ0v) is 15.6. The van der Waals surface area contributed by atoms with Gasteiger partial charge < -0.3 is 15.8 Å². The van der Waals surface area contributed by atoms with Crippen LogP contribution in [0.3, 0.4) is 0 Å². The van der Waals surface area contributed by atoms with Gasteiger partial charge >= 0.3 is 0 Å². The number of nitrogen functional groups attached to an aromatic ring is 1. The molecule has 0 radical (unpaired) electrons. The van der Waals surface area contributed by atoms with Gasteiger partial charge in [0.1, 0.15) is 12.4 Å². The fraction of sp³-hybridized carbons (Fsp3) is 0.136. The fourth-order valence-corrected chi connectivity index (χ4v) is 3.15. The normalized spacial score (nSPS) is 15.4. The van der Waals surface area contributed by atoms with E-state index in [0.717, 1.165) is 5.56 Å². The summed E-state index contributed by atoms with van der Waals surface area (Å²) in [6.45, 7) is 0.194. The third-order valence-corrected chi connectivity index (χ3v) is 4.59. The number of nitrogens with two attached hydrogens (primary N) is 1. The Balaban J connectivity index is 1.57. The average molecular weight is 388 g/mol. The van der Waals surface area contributed by atoms with Crippen molar-refractivity contribution in [3.05, 3.63) is 83.9 Å². The lowest BCUT2D eigenvalue weighted by atomic mass is 10.1. The highest BCUT2D eigenvalue weighted by Gasteiger charge is 2.37. The quantitative estimate of drug-likeness (QED) is 0.700. The molecule has 1 unspecified atom stereocenters. The van der Waals surface area contributed by atoms with Crippen LogP contribution >= 0.6 is 0 Å². The number of nitrogens with one attached hydrogen (secondary N) is 1. The van der Waals surface area contributed by atoms with Crippen LogP contribution in [0.5, 0.6) is 5.75 Å². The molecule has 29 heavy (non-hydrogen) atoms. The molecule has 7 heteroatoms. The van der Waals surface area contributed by atoms with Gasteiger partial charge in [0.2, 0.25) is 12.0 Å². The third-order valence-electron chi connectivity index (χ3n) is 4.59. The predicted molar refractivity (Wildman–Crippen MR) is 109 cm³/mol. The molecule has 1 aliphatic heterocycles. The number of ether oxygens (including phenoxy) is 1. The molecule has 0 saturated carbocycles. The molecule has 2 aromatic carbocycles. The zero-order valence-electron chi connectivity index (χ0n) is 15.6. The minimum absolute atomic E-state index is 0.179. The molecule has 3 N–H and O–H groups in total. The topological polar surface area (TPSA) is 97.5 Å². The molecule has 0 aliphatic carbocycles. The number of carbonyl (C=O) groups is 2. The number of hydrogen-bond donors (Lipinski definition) is 2. The van der Waals surface area contributed by atoms with Crippen LogP contribution in [0.1, 0.15) is 17.2 Å². The van der Waals surface area contributed by atoms with Gasteiger partial charge in [-0.05, 0) is 17.7 Å². The smallest absolute Gasteiger partial charge is 0.274 e. The lowest BCUT2D eigenvalue weighted by molar-refractivity contribution is -0.129. The Kier molecular flexibility index (Phi) is 5.11. The highest BCUT2D eigenvalue weighted by molar-refractivity contribution is 6.03. The lowest BCUT2D eigenvalue weighted by Gasteiger charge is -2.33. The second-order valence-corrected chi connectivity index (χ2v) is 6.65. The first kappa shape index (κ1) is 18.5. The number of carbonyl (C=O) groups excluding carboxylic acids is 2. The van der Waals surface area contributed by atoms with E-state index in [4.69, 9.17) is 10.5 Å². The van der Waals surface area contributed by atoms with Crippen molar-refractivity contribution < 1.29 is 14.3 Å². The van der Waals surface area contributed by atoms with Crippen LogP contribution in [0.25, 0.3) is 0 Å². The first-order valence-electron chi connectivity index (χ1n) is 9.22. The summed E-state index contributed by atoms with van der Waals surface area (Å²) in [5, 5.41) is 2.83. The van der Waals surface area contributed by atoms with Gasteiger partial charge in [-0.25, -0.2) is 4.98 Å². The van der Waals surface area contributed by atoms with Crippen molar-refractivity contribution in [1.29, 1.82) is 0 Å². The molecule has 0 bridgehead atoms. The predicted octanol–water partition coefficient (Wildman–Crippen LogP) is 2.45. The average Bonchev–Trinajstić information content (AvgIpc) is 2.75. The molecule has 1 atom stereocenters. The van der Waals surface area contributed by atoms with Gasteiger partial charge in [0.05, 0.1) is 0 Å². The largest absolute Gasteiger partial charge is 0.472 e. The number of rotatable bonds is 5. The van der Waals surface area contributed by atoms with Gasteiger partial charge in [0.25, 0.3) is 5.91 Å². The summed E-state index contributed by atoms with van der Waals surface area (Å²) in [4.78, 5) is 31.3. The van der Waals surface area contributed by atoms with E-state index in [1.807, 2.05) is 60.7 Å². The van der Waals surface area contributed by atoms with Crippen LogP contribution in [0.4, 0.5) is 11.6 Å². The Morgan fingerprint density at radius 2 is 1.72 bits per heavy atom. The Morgan fingerprint density at radius 3 is 2.45 bits per heavy atom. The maximum absolute atomic E-state index is 13.1. The summed E-state index contributed by atoms with van der Waals surface area (Å²) < 4.78 is 5.89. The van der Waals surface area contributed by atoms with E-state index in [2.05, 4.69) is 10.3 Å². The van der Waals surface area contributed by atoms with Crippen molar-refractivity contribution in [3.8, 4) is 5.75 Å². The molecular weight excluding hydrogens is 368 g/mol. The van der Waals surface area contributed by atoms with Gasteiger partial charge in [0.15, 0.2) is 11.6 Å². The van der Waals surface area contributed by atoms with Crippen LogP contribution in [0.15, 0.2) is 72.8 Å². The van der Waals surface area contributed by atoms with E-state index < -0.39 is 6.10 Å². The second-order valence-electron chi connectivity index (χ2n) is 6.65. The summed E-state index contributed by atoms with van der Waals surface area (Å²) in [6, 6.07) is 22.0. The van der Waals surface area contributed by atoms with Crippen molar-refractivity contribution in [3.63, 3.8) is 0 Å². The van der Waals surface area contributed by atoms with Crippen LogP contribution in [-0.4, -0.2) is 23.3 Å². The zero-order chi connectivity index (χ0) is 20.2. The second kappa shape index (κ2) is 8.02. The van der Waals surface area contributed by atoms with Gasteiger partial charge in [-0.3, -0.25) is 14.5 Å². The number of benzene rings is 2. The first-order chi connectivity index (χ1) is 14.1. The standard InChI is InChI=1S/C22H20N4O3/c23-18-12-11-17-21(25-18)26(14-19(27)24-13-15-7-3-1-4-8-15)22(28)20(29-17)16-9-5-2-6-10-16/h1-12,20H,13-14H2,(H2,23,25)(H,24,27). The molecule has 146 valence electrons. The monoisotopic (exact) mass is 388 g/mol. The maximum atomic E-state index is 13.1. The number of hydrogen-bond acceptors (Lipinski definition) is 5. The Labute approximate surface area is 168 Å². The molecule has 4 rings (SSSR count). The van der Waals surface area contributed by atoms with Gasteiger partial charge in [-0.1, -0.05) is 60.7 Å². The van der Waals surface area contributed by atoms with Crippen LogP contribution < -0.4 is 20.7 Å². The van der Waals surface area contributed by atoms with Crippen molar-refractivity contribution in [2.24, 2.45) is 0 Å². The van der Waals surface area contributed by atoms with Gasteiger partial charge in [-0.15, -0.1) is 0 Å². The van der Waals surface area contributed by atoms with Crippen molar-refractivity contribution >= 4 is 23.5 Å².